The van der Waals surface area contributed by atoms with Crippen molar-refractivity contribution in [2.24, 2.45) is 5.92 Å². The molecule has 4 rings (SSSR count). The topological polar surface area (TPSA) is 148 Å². The highest BCUT2D eigenvalue weighted by Crippen LogP contribution is 2.30. The number of nitrogens with two attached hydrogens (primary N) is 1. The molecule has 33 heavy (non-hydrogen) atoms. The Labute approximate surface area is 193 Å². The zero-order valence-electron chi connectivity index (χ0n) is 19.0. The molecule has 0 spiro atoms. The van der Waals surface area contributed by atoms with Crippen molar-refractivity contribution in [3.8, 4) is 5.75 Å². The van der Waals surface area contributed by atoms with E-state index in [0.29, 0.717) is 48.9 Å². The van der Waals surface area contributed by atoms with Crippen LogP contribution in [0.4, 0.5) is 11.5 Å². The van der Waals surface area contributed by atoms with E-state index in [9.17, 15) is 0 Å². The standard InChI is InChI=1S/C23H30N8O2/c1-14(2)32-16-5-6-18(24)17(11-16)21(25)19-12-20(29-13-28-19)30-7-9-31(10-8-30)23(27)33-22(26)15-3-4-15/h5-6,11-15,25-27H,3-4,7-10,24H2,1-2H3. The molecular weight excluding hydrogens is 420 g/mol. The smallest absolute Gasteiger partial charge is 0.291 e. The van der Waals surface area contributed by atoms with Crippen LogP contribution in [0.25, 0.3) is 0 Å². The van der Waals surface area contributed by atoms with Gasteiger partial charge in [-0.3, -0.25) is 16.2 Å². The summed E-state index contributed by atoms with van der Waals surface area (Å²) in [7, 11) is 0. The highest BCUT2D eigenvalue weighted by atomic mass is 16.5. The first-order chi connectivity index (χ1) is 15.8. The molecule has 1 aliphatic heterocycles. The second kappa shape index (κ2) is 9.43. The fraction of sp³-hybridized carbons (Fsp3) is 0.435. The molecule has 0 amide bonds. The van der Waals surface area contributed by atoms with Gasteiger partial charge < -0.3 is 25.0 Å². The summed E-state index contributed by atoms with van der Waals surface area (Å²) in [4.78, 5) is 12.6. The molecular formula is C23H30N8O2. The van der Waals surface area contributed by atoms with Gasteiger partial charge in [-0.2, -0.15) is 0 Å². The monoisotopic (exact) mass is 450 g/mol. The summed E-state index contributed by atoms with van der Waals surface area (Å²) in [6, 6.07) is 7.13. The average molecular weight is 451 g/mol. The molecule has 2 fully saturated rings. The number of benzene rings is 1. The van der Waals surface area contributed by atoms with E-state index < -0.39 is 0 Å². The van der Waals surface area contributed by atoms with Crippen molar-refractivity contribution in [1.29, 1.82) is 16.2 Å². The SMILES string of the molecule is CC(C)Oc1ccc(N)c(C(=N)c2cc(N3CCN(C(=N)OC(=N)C4CC4)CC3)ncn2)c1. The number of amidine groups is 1. The number of nitrogen functional groups attached to an aromatic ring is 1. The van der Waals surface area contributed by atoms with Crippen LogP contribution in [0.3, 0.4) is 0 Å². The molecule has 0 bridgehead atoms. The normalized spacial score (nSPS) is 16.0. The molecule has 10 heteroatoms. The number of ether oxygens (including phenoxy) is 2. The molecule has 1 saturated heterocycles. The number of aromatic nitrogens is 2. The van der Waals surface area contributed by atoms with E-state index in [1.54, 1.807) is 24.3 Å². The lowest BCUT2D eigenvalue weighted by Crippen LogP contribution is -2.49. The number of hydrogen-bond acceptors (Lipinski definition) is 9. The van der Waals surface area contributed by atoms with Crippen LogP contribution in [0, 0.1) is 22.1 Å². The summed E-state index contributed by atoms with van der Waals surface area (Å²) in [5.41, 5.74) is 7.87. The Balaban J connectivity index is 1.42. The van der Waals surface area contributed by atoms with Gasteiger partial charge in [0.15, 0.2) is 5.90 Å². The van der Waals surface area contributed by atoms with Crippen LogP contribution in [0.15, 0.2) is 30.6 Å². The number of nitrogens with one attached hydrogen (secondary N) is 3. The van der Waals surface area contributed by atoms with Crippen molar-refractivity contribution in [3.05, 3.63) is 41.9 Å². The van der Waals surface area contributed by atoms with Gasteiger partial charge >= 0.3 is 0 Å². The van der Waals surface area contributed by atoms with Gasteiger partial charge in [-0.1, -0.05) is 0 Å². The minimum Gasteiger partial charge on any atom is -0.491 e. The zero-order valence-corrected chi connectivity index (χ0v) is 19.0. The number of anilines is 2. The van der Waals surface area contributed by atoms with Gasteiger partial charge in [-0.25, -0.2) is 9.97 Å². The van der Waals surface area contributed by atoms with Crippen molar-refractivity contribution < 1.29 is 9.47 Å². The Bertz CT molecular complexity index is 1060. The third kappa shape index (κ3) is 5.39. The van der Waals surface area contributed by atoms with Gasteiger partial charge in [0.25, 0.3) is 6.02 Å². The maximum atomic E-state index is 8.68. The summed E-state index contributed by atoms with van der Waals surface area (Å²) in [6.07, 6.45) is 3.43. The lowest BCUT2D eigenvalue weighted by molar-refractivity contribution is 0.242. The van der Waals surface area contributed by atoms with E-state index >= 15 is 0 Å². The van der Waals surface area contributed by atoms with Crippen LogP contribution >= 0.6 is 0 Å². The molecule has 1 saturated carbocycles. The summed E-state index contributed by atoms with van der Waals surface area (Å²) < 4.78 is 11.1. The molecule has 2 aromatic rings. The lowest BCUT2D eigenvalue weighted by atomic mass is 10.0. The third-order valence-corrected chi connectivity index (χ3v) is 5.62. The molecule has 0 radical (unpaired) electrons. The van der Waals surface area contributed by atoms with Gasteiger partial charge in [-0.15, -0.1) is 0 Å². The lowest BCUT2D eigenvalue weighted by Gasteiger charge is -2.35. The van der Waals surface area contributed by atoms with Gasteiger partial charge in [0.05, 0.1) is 17.5 Å². The van der Waals surface area contributed by atoms with Crippen LogP contribution in [0.1, 0.15) is 37.9 Å². The van der Waals surface area contributed by atoms with Gasteiger partial charge in [0.1, 0.15) is 17.9 Å². The van der Waals surface area contributed by atoms with Crippen LogP contribution in [0.2, 0.25) is 0 Å². The molecule has 10 nitrogen and oxygen atoms in total. The third-order valence-electron chi connectivity index (χ3n) is 5.62. The Morgan fingerprint density at radius 3 is 2.45 bits per heavy atom. The Morgan fingerprint density at radius 2 is 1.79 bits per heavy atom. The number of piperazine rings is 1. The first-order valence-electron chi connectivity index (χ1n) is 11.1. The highest BCUT2D eigenvalue weighted by Gasteiger charge is 2.30. The van der Waals surface area contributed by atoms with E-state index in [1.807, 2.05) is 18.7 Å². The van der Waals surface area contributed by atoms with Crippen molar-refractivity contribution in [3.63, 3.8) is 0 Å². The van der Waals surface area contributed by atoms with Crippen molar-refractivity contribution in [2.45, 2.75) is 32.8 Å². The maximum absolute atomic E-state index is 8.68. The molecule has 1 aliphatic carbocycles. The van der Waals surface area contributed by atoms with Crippen molar-refractivity contribution in [1.82, 2.24) is 14.9 Å². The fourth-order valence-electron chi connectivity index (χ4n) is 3.63. The molecule has 1 aromatic carbocycles. The van der Waals surface area contributed by atoms with Crippen LogP contribution in [-0.4, -0.2) is 64.8 Å². The molecule has 5 N–H and O–H groups in total. The Hall–Kier alpha value is -3.69. The quantitative estimate of drug-likeness (QED) is 0.300. The van der Waals surface area contributed by atoms with Crippen molar-refractivity contribution in [2.75, 3.05) is 36.8 Å². The highest BCUT2D eigenvalue weighted by molar-refractivity contribution is 6.13. The molecule has 2 heterocycles. The Morgan fingerprint density at radius 1 is 1.06 bits per heavy atom. The first-order valence-corrected chi connectivity index (χ1v) is 11.1. The number of rotatable bonds is 6. The van der Waals surface area contributed by atoms with Gasteiger partial charge in [-0.05, 0) is 44.9 Å². The second-order valence-electron chi connectivity index (χ2n) is 8.57. The molecule has 0 atom stereocenters. The molecule has 174 valence electrons. The van der Waals surface area contributed by atoms with E-state index in [0.717, 1.165) is 18.7 Å². The molecule has 2 aliphatic rings. The minimum atomic E-state index is 0.0196. The van der Waals surface area contributed by atoms with Crippen LogP contribution < -0.4 is 15.4 Å². The Kier molecular flexibility index (Phi) is 6.43. The molecule has 0 unspecified atom stereocenters. The van der Waals surface area contributed by atoms with Crippen LogP contribution in [-0.2, 0) is 4.74 Å². The predicted molar refractivity (Wildman–Crippen MR) is 128 cm³/mol. The predicted octanol–water partition coefficient (Wildman–Crippen LogP) is 2.72. The summed E-state index contributed by atoms with van der Waals surface area (Å²) in [6.45, 7) is 6.37. The second-order valence-corrected chi connectivity index (χ2v) is 8.57. The van der Waals surface area contributed by atoms with E-state index in [-0.39, 0.29) is 29.7 Å². The van der Waals surface area contributed by atoms with Gasteiger partial charge in [0, 0.05) is 49.4 Å². The van der Waals surface area contributed by atoms with E-state index in [1.165, 1.54) is 6.33 Å². The minimum absolute atomic E-state index is 0.0196. The van der Waals surface area contributed by atoms with Crippen LogP contribution in [0.5, 0.6) is 5.75 Å². The number of hydrogen-bond donors (Lipinski definition) is 4. The summed E-state index contributed by atoms with van der Waals surface area (Å²) in [5.74, 6) is 1.76. The molecule has 1 aromatic heterocycles. The van der Waals surface area contributed by atoms with Gasteiger partial charge in [0.2, 0.25) is 0 Å². The van der Waals surface area contributed by atoms with E-state index in [2.05, 4.69) is 14.9 Å². The zero-order chi connectivity index (χ0) is 23.5. The number of nitrogens with zero attached hydrogens (tertiary/aromatic N) is 4. The first kappa shape index (κ1) is 22.5. The fourth-order valence-corrected chi connectivity index (χ4v) is 3.63. The average Bonchev–Trinajstić information content (AvgIpc) is 3.65. The summed E-state index contributed by atoms with van der Waals surface area (Å²) >= 11 is 0. The van der Waals surface area contributed by atoms with Crippen molar-refractivity contribution >= 4 is 29.1 Å². The van der Waals surface area contributed by atoms with E-state index in [4.69, 9.17) is 31.4 Å². The maximum Gasteiger partial charge on any atom is 0.291 e. The largest absolute Gasteiger partial charge is 0.491 e. The summed E-state index contributed by atoms with van der Waals surface area (Å²) in [5, 5.41) is 24.7.